The van der Waals surface area contributed by atoms with E-state index in [4.69, 9.17) is 0 Å². The van der Waals surface area contributed by atoms with E-state index in [1.807, 2.05) is 12.3 Å². The molecule has 20 heavy (non-hydrogen) atoms. The second-order valence-electron chi connectivity index (χ2n) is 6.57. The highest BCUT2D eigenvalue weighted by atomic mass is 15.3. The predicted octanol–water partition coefficient (Wildman–Crippen LogP) is 1.98. The first-order valence-electron chi connectivity index (χ1n) is 8.22. The van der Waals surface area contributed by atoms with Crippen molar-refractivity contribution >= 4 is 0 Å². The van der Waals surface area contributed by atoms with E-state index in [2.05, 4.69) is 40.0 Å². The van der Waals surface area contributed by atoms with Gasteiger partial charge in [-0.25, -0.2) is 0 Å². The number of nitrogens with one attached hydrogen (secondary N) is 1. The van der Waals surface area contributed by atoms with Gasteiger partial charge in [0.1, 0.15) is 0 Å². The molecule has 1 aliphatic carbocycles. The molecule has 0 spiro atoms. The van der Waals surface area contributed by atoms with E-state index >= 15 is 0 Å². The Morgan fingerprint density at radius 3 is 2.85 bits per heavy atom. The topological polar surface area (TPSA) is 33.1 Å². The van der Waals surface area contributed by atoms with E-state index in [1.54, 1.807) is 0 Å². The molecule has 0 amide bonds. The minimum absolute atomic E-state index is 0.686. The zero-order valence-corrected chi connectivity index (χ0v) is 12.8. The number of nitrogens with zero attached hydrogens (tertiary/aromatic N) is 3. The Balaban J connectivity index is 1.60. The Morgan fingerprint density at radius 2 is 2.20 bits per heavy atom. The fourth-order valence-electron chi connectivity index (χ4n) is 3.42. The third kappa shape index (κ3) is 3.23. The third-order valence-electron chi connectivity index (χ3n) is 5.16. The fourth-order valence-corrected chi connectivity index (χ4v) is 3.42. The lowest BCUT2D eigenvalue weighted by Crippen LogP contribution is -2.59. The van der Waals surface area contributed by atoms with Crippen LogP contribution in [-0.4, -0.2) is 46.4 Å². The number of hydrogen-bond acceptors (Lipinski definition) is 3. The minimum atomic E-state index is 0.686. The molecule has 3 rings (SSSR count). The second-order valence-corrected chi connectivity index (χ2v) is 6.57. The summed E-state index contributed by atoms with van der Waals surface area (Å²) in [6.07, 6.45) is 8.06. The van der Waals surface area contributed by atoms with E-state index in [1.165, 1.54) is 25.8 Å². The molecule has 1 aliphatic heterocycles. The molecule has 0 bridgehead atoms. The summed E-state index contributed by atoms with van der Waals surface area (Å²) in [5, 5.41) is 8.14. The van der Waals surface area contributed by atoms with Crippen LogP contribution in [-0.2, 0) is 6.54 Å². The van der Waals surface area contributed by atoms with Gasteiger partial charge in [-0.2, -0.15) is 5.10 Å². The molecule has 3 atom stereocenters. The van der Waals surface area contributed by atoms with Crippen LogP contribution in [0.4, 0.5) is 0 Å². The summed E-state index contributed by atoms with van der Waals surface area (Å²) in [4.78, 5) is 2.72. The van der Waals surface area contributed by atoms with Gasteiger partial charge >= 0.3 is 0 Å². The summed E-state index contributed by atoms with van der Waals surface area (Å²) in [7, 11) is 0. The van der Waals surface area contributed by atoms with E-state index < -0.39 is 0 Å². The normalized spacial score (nSPS) is 29.5. The molecule has 3 unspecified atom stereocenters. The van der Waals surface area contributed by atoms with Crippen molar-refractivity contribution in [3.63, 3.8) is 0 Å². The van der Waals surface area contributed by atoms with Crippen LogP contribution in [0, 0.1) is 11.8 Å². The zero-order valence-electron chi connectivity index (χ0n) is 12.8. The van der Waals surface area contributed by atoms with E-state index in [0.29, 0.717) is 6.04 Å². The summed E-state index contributed by atoms with van der Waals surface area (Å²) >= 11 is 0. The lowest BCUT2D eigenvalue weighted by Gasteiger charge is -2.43. The number of aromatic nitrogens is 2. The second kappa shape index (κ2) is 6.27. The number of piperazine rings is 1. The van der Waals surface area contributed by atoms with Crippen LogP contribution in [0.2, 0.25) is 0 Å². The van der Waals surface area contributed by atoms with Gasteiger partial charge in [-0.15, -0.1) is 0 Å². The van der Waals surface area contributed by atoms with E-state index in [0.717, 1.165) is 37.5 Å². The summed E-state index contributed by atoms with van der Waals surface area (Å²) in [6.45, 7) is 9.23. The molecule has 1 N–H and O–H groups in total. The van der Waals surface area contributed by atoms with Gasteiger partial charge in [0.15, 0.2) is 0 Å². The van der Waals surface area contributed by atoms with Gasteiger partial charge in [0.25, 0.3) is 0 Å². The van der Waals surface area contributed by atoms with Crippen molar-refractivity contribution in [3.8, 4) is 0 Å². The largest absolute Gasteiger partial charge is 0.311 e. The highest BCUT2D eigenvalue weighted by Gasteiger charge is 2.38. The lowest BCUT2D eigenvalue weighted by molar-refractivity contribution is 0.0812. The molecule has 0 aromatic carbocycles. The van der Waals surface area contributed by atoms with Crippen LogP contribution in [0.25, 0.3) is 0 Å². The Hall–Kier alpha value is -0.870. The third-order valence-corrected chi connectivity index (χ3v) is 5.16. The molecule has 2 fully saturated rings. The van der Waals surface area contributed by atoms with Crippen LogP contribution in [0.1, 0.15) is 33.1 Å². The maximum absolute atomic E-state index is 4.33. The molecule has 1 saturated carbocycles. The highest BCUT2D eigenvalue weighted by molar-refractivity contribution is 4.95. The Bertz CT molecular complexity index is 399. The van der Waals surface area contributed by atoms with Crippen LogP contribution in [0.3, 0.4) is 0 Å². The summed E-state index contributed by atoms with van der Waals surface area (Å²) in [5.74, 6) is 1.71. The van der Waals surface area contributed by atoms with Crippen molar-refractivity contribution in [2.75, 3.05) is 19.6 Å². The molecule has 1 aromatic rings. The molecule has 2 heterocycles. The van der Waals surface area contributed by atoms with Crippen LogP contribution >= 0.6 is 0 Å². The average Bonchev–Trinajstić information content (AvgIpc) is 3.20. The predicted molar refractivity (Wildman–Crippen MR) is 81.6 cm³/mol. The standard InChI is InChI=1S/C16H28N4/c1-3-13(2)16-11-17-15(14-5-6-14)12-19(16)9-10-20-8-4-7-18-20/h4,7-8,13-17H,3,5-6,9-12H2,1-2H3. The van der Waals surface area contributed by atoms with Crippen molar-refractivity contribution in [2.24, 2.45) is 11.8 Å². The van der Waals surface area contributed by atoms with Gasteiger partial charge in [0, 0.05) is 44.1 Å². The smallest absolute Gasteiger partial charge is 0.0536 e. The quantitative estimate of drug-likeness (QED) is 0.862. The maximum atomic E-state index is 4.33. The molecule has 112 valence electrons. The molecule has 1 aromatic heterocycles. The highest BCUT2D eigenvalue weighted by Crippen LogP contribution is 2.35. The first-order valence-corrected chi connectivity index (χ1v) is 8.22. The van der Waals surface area contributed by atoms with Crippen molar-refractivity contribution in [3.05, 3.63) is 18.5 Å². The van der Waals surface area contributed by atoms with E-state index in [9.17, 15) is 0 Å². The van der Waals surface area contributed by atoms with Crippen LogP contribution in [0.5, 0.6) is 0 Å². The molecule has 4 heteroatoms. The van der Waals surface area contributed by atoms with Gasteiger partial charge in [0.05, 0.1) is 6.54 Å². The number of hydrogen-bond donors (Lipinski definition) is 1. The molecule has 2 aliphatic rings. The summed E-state index contributed by atoms with van der Waals surface area (Å²) < 4.78 is 2.06. The first-order chi connectivity index (χ1) is 9.78. The lowest BCUT2D eigenvalue weighted by atomic mass is 9.93. The molecular formula is C16H28N4. The zero-order chi connectivity index (χ0) is 13.9. The Kier molecular flexibility index (Phi) is 4.41. The van der Waals surface area contributed by atoms with Gasteiger partial charge in [-0.05, 0) is 30.7 Å². The summed E-state index contributed by atoms with van der Waals surface area (Å²) in [6, 6.07) is 3.43. The van der Waals surface area contributed by atoms with Gasteiger partial charge in [0.2, 0.25) is 0 Å². The first kappa shape index (κ1) is 14.1. The van der Waals surface area contributed by atoms with Crippen LogP contribution < -0.4 is 5.32 Å². The monoisotopic (exact) mass is 276 g/mol. The van der Waals surface area contributed by atoms with Crippen molar-refractivity contribution in [2.45, 2.75) is 51.7 Å². The average molecular weight is 276 g/mol. The van der Waals surface area contributed by atoms with Crippen LogP contribution in [0.15, 0.2) is 18.5 Å². The fraction of sp³-hybridized carbons (Fsp3) is 0.812. The maximum Gasteiger partial charge on any atom is 0.0536 e. The van der Waals surface area contributed by atoms with E-state index in [-0.39, 0.29) is 0 Å². The Labute approximate surface area is 122 Å². The molecule has 0 radical (unpaired) electrons. The van der Waals surface area contributed by atoms with Crippen molar-refractivity contribution in [1.82, 2.24) is 20.0 Å². The van der Waals surface area contributed by atoms with Gasteiger partial charge < -0.3 is 5.32 Å². The molecular weight excluding hydrogens is 248 g/mol. The van der Waals surface area contributed by atoms with Crippen molar-refractivity contribution in [1.29, 1.82) is 0 Å². The van der Waals surface area contributed by atoms with Gasteiger partial charge in [-0.3, -0.25) is 9.58 Å². The number of rotatable bonds is 6. The van der Waals surface area contributed by atoms with Crippen molar-refractivity contribution < 1.29 is 0 Å². The Morgan fingerprint density at radius 1 is 1.35 bits per heavy atom. The molecule has 4 nitrogen and oxygen atoms in total. The minimum Gasteiger partial charge on any atom is -0.311 e. The molecule has 1 saturated heterocycles. The summed E-state index contributed by atoms with van der Waals surface area (Å²) in [5.41, 5.74) is 0. The SMILES string of the molecule is CCC(C)C1CNC(C2CC2)CN1CCn1cccn1. The van der Waals surface area contributed by atoms with Gasteiger partial charge in [-0.1, -0.05) is 20.3 Å².